The van der Waals surface area contributed by atoms with Gasteiger partial charge in [0.25, 0.3) is 0 Å². The van der Waals surface area contributed by atoms with Crippen LogP contribution in [-0.2, 0) is 0 Å². The highest BCUT2D eigenvalue weighted by Gasteiger charge is 2.50. The number of benzene rings is 2. The summed E-state index contributed by atoms with van der Waals surface area (Å²) in [5, 5.41) is 0. The highest BCUT2D eigenvalue weighted by Crippen LogP contribution is 2.63. The molecule has 0 fully saturated rings. The van der Waals surface area contributed by atoms with Crippen molar-refractivity contribution in [1.82, 2.24) is 0 Å². The molecule has 1 nitrogen and oxygen atoms in total. The molecule has 0 aliphatic heterocycles. The third-order valence-corrected chi connectivity index (χ3v) is 10.5. The van der Waals surface area contributed by atoms with E-state index in [4.69, 9.17) is 4.74 Å². The Kier molecular flexibility index (Phi) is 6.30. The van der Waals surface area contributed by atoms with Gasteiger partial charge in [-0.25, -0.2) is 0 Å². The van der Waals surface area contributed by atoms with Gasteiger partial charge in [-0.15, -0.1) is 0 Å². The van der Waals surface area contributed by atoms with Crippen molar-refractivity contribution in [3.63, 3.8) is 0 Å². The summed E-state index contributed by atoms with van der Waals surface area (Å²) < 4.78 is 6.13. The van der Waals surface area contributed by atoms with Crippen molar-refractivity contribution in [3.8, 4) is 5.75 Å². The van der Waals surface area contributed by atoms with Crippen molar-refractivity contribution < 1.29 is 4.74 Å². The Balaban J connectivity index is 1.27. The van der Waals surface area contributed by atoms with Gasteiger partial charge in [-0.1, -0.05) is 131 Å². The molecule has 8 rings (SSSR count). The molecule has 0 spiro atoms. The average molecular weight is 563 g/mol. The molecule has 0 amide bonds. The summed E-state index contributed by atoms with van der Waals surface area (Å²) in [6.07, 6.45) is 23.5. The zero-order valence-electron chi connectivity index (χ0n) is 26.0. The zero-order valence-corrected chi connectivity index (χ0v) is 26.0. The standard InChI is InChI=1S/C42H42O/c1-5-6-7-10-19-43-33-17-15-26(16-18-33)35-24-30-20-27-11-8-9-12-34(27)36-23-29-14-13-28-21-32(42(2,3)4)22-31-25-37(35)41(39(30)36)40(29)38(28)31/h8-9,11-18,20,22-25,39-41H,5-7,10,19,21H2,1-4H3. The predicted octanol–water partition coefficient (Wildman–Crippen LogP) is 10.9. The van der Waals surface area contributed by atoms with Crippen molar-refractivity contribution in [2.45, 2.75) is 59.8 Å². The summed E-state index contributed by atoms with van der Waals surface area (Å²) in [6.45, 7) is 10.1. The maximum atomic E-state index is 6.13. The van der Waals surface area contributed by atoms with Gasteiger partial charge >= 0.3 is 0 Å². The summed E-state index contributed by atoms with van der Waals surface area (Å²) in [6, 6.07) is 17.9. The fourth-order valence-electron chi connectivity index (χ4n) is 8.33. The molecular formula is C42H42O. The van der Waals surface area contributed by atoms with Gasteiger partial charge < -0.3 is 4.74 Å². The van der Waals surface area contributed by atoms with Crippen molar-refractivity contribution in [2.75, 3.05) is 6.61 Å². The topological polar surface area (TPSA) is 9.23 Å². The van der Waals surface area contributed by atoms with Crippen LogP contribution in [-0.4, -0.2) is 6.61 Å². The quantitative estimate of drug-likeness (QED) is 0.305. The Hall–Kier alpha value is -3.84. The van der Waals surface area contributed by atoms with E-state index in [-0.39, 0.29) is 5.41 Å². The second-order valence-electron chi connectivity index (χ2n) is 14.2. The monoisotopic (exact) mass is 562 g/mol. The van der Waals surface area contributed by atoms with E-state index in [1.54, 1.807) is 5.57 Å². The predicted molar refractivity (Wildman–Crippen MR) is 180 cm³/mol. The third kappa shape index (κ3) is 4.35. The van der Waals surface area contributed by atoms with Crippen molar-refractivity contribution in [3.05, 3.63) is 141 Å². The minimum Gasteiger partial charge on any atom is -0.494 e. The molecule has 0 bridgehead atoms. The highest BCUT2D eigenvalue weighted by molar-refractivity contribution is 5.95. The first-order valence-corrected chi connectivity index (χ1v) is 16.5. The number of hydrogen-bond acceptors (Lipinski definition) is 1. The highest BCUT2D eigenvalue weighted by atomic mass is 16.5. The van der Waals surface area contributed by atoms with Crippen LogP contribution < -0.4 is 4.74 Å². The first-order chi connectivity index (χ1) is 20.9. The van der Waals surface area contributed by atoms with Crippen LogP contribution in [0.1, 0.15) is 76.5 Å². The molecule has 0 saturated heterocycles. The number of ether oxygens (including phenoxy) is 1. The van der Waals surface area contributed by atoms with Gasteiger partial charge in [-0.05, 0) is 91.7 Å². The van der Waals surface area contributed by atoms with E-state index in [1.165, 1.54) is 80.5 Å². The lowest BCUT2D eigenvalue weighted by Gasteiger charge is -2.51. The smallest absolute Gasteiger partial charge is 0.119 e. The molecule has 0 N–H and O–H groups in total. The van der Waals surface area contributed by atoms with E-state index >= 15 is 0 Å². The molecule has 1 heteroatoms. The molecule has 43 heavy (non-hydrogen) atoms. The number of allylic oxidation sites excluding steroid dienone is 15. The minimum absolute atomic E-state index is 0.152. The van der Waals surface area contributed by atoms with Crippen LogP contribution in [0.25, 0.3) is 17.2 Å². The lowest BCUT2D eigenvalue weighted by atomic mass is 9.51. The first-order valence-electron chi connectivity index (χ1n) is 16.5. The molecule has 0 radical (unpaired) electrons. The molecule has 6 aliphatic carbocycles. The molecule has 0 saturated carbocycles. The molecule has 2 aromatic rings. The Morgan fingerprint density at radius 3 is 2.42 bits per heavy atom. The van der Waals surface area contributed by atoms with Gasteiger partial charge in [0.15, 0.2) is 0 Å². The zero-order chi connectivity index (χ0) is 29.3. The lowest BCUT2D eigenvalue weighted by molar-refractivity contribution is 0.305. The number of hydrogen-bond donors (Lipinski definition) is 0. The van der Waals surface area contributed by atoms with E-state index in [0.29, 0.717) is 17.8 Å². The first kappa shape index (κ1) is 26.8. The van der Waals surface area contributed by atoms with E-state index < -0.39 is 0 Å². The molecule has 3 atom stereocenters. The van der Waals surface area contributed by atoms with Gasteiger partial charge in [0.1, 0.15) is 5.75 Å². The van der Waals surface area contributed by atoms with Gasteiger partial charge in [0, 0.05) is 17.8 Å². The molecule has 0 aromatic heterocycles. The van der Waals surface area contributed by atoms with Crippen molar-refractivity contribution in [2.24, 2.45) is 23.2 Å². The minimum atomic E-state index is 0.152. The van der Waals surface area contributed by atoms with Crippen LogP contribution in [0.2, 0.25) is 0 Å². The van der Waals surface area contributed by atoms with E-state index in [1.807, 2.05) is 0 Å². The fraction of sp³-hybridized carbons (Fsp3) is 0.333. The average Bonchev–Trinajstić information content (AvgIpc) is 3.01. The van der Waals surface area contributed by atoms with Crippen molar-refractivity contribution in [1.29, 1.82) is 0 Å². The lowest BCUT2D eigenvalue weighted by Crippen LogP contribution is -2.40. The van der Waals surface area contributed by atoms with Crippen LogP contribution in [0, 0.1) is 23.2 Å². The molecular weight excluding hydrogens is 520 g/mol. The maximum absolute atomic E-state index is 6.13. The van der Waals surface area contributed by atoms with Gasteiger partial charge in [0.05, 0.1) is 6.61 Å². The summed E-state index contributed by atoms with van der Waals surface area (Å²) in [7, 11) is 0. The van der Waals surface area contributed by atoms with Gasteiger partial charge in [0.2, 0.25) is 0 Å². The summed E-state index contributed by atoms with van der Waals surface area (Å²) in [5.41, 5.74) is 17.6. The third-order valence-electron chi connectivity index (χ3n) is 10.5. The van der Waals surface area contributed by atoms with Crippen LogP contribution in [0.3, 0.4) is 0 Å². The van der Waals surface area contributed by atoms with Crippen LogP contribution in [0.4, 0.5) is 0 Å². The number of fused-ring (bicyclic) bond motifs is 2. The van der Waals surface area contributed by atoms with Crippen LogP contribution >= 0.6 is 0 Å². The number of rotatable bonds is 7. The molecule has 3 unspecified atom stereocenters. The van der Waals surface area contributed by atoms with Gasteiger partial charge in [-0.2, -0.15) is 0 Å². The molecule has 6 aliphatic rings. The Morgan fingerprint density at radius 1 is 0.767 bits per heavy atom. The molecule has 0 heterocycles. The fourth-order valence-corrected chi connectivity index (χ4v) is 8.33. The largest absolute Gasteiger partial charge is 0.494 e. The van der Waals surface area contributed by atoms with E-state index in [9.17, 15) is 0 Å². The summed E-state index contributed by atoms with van der Waals surface area (Å²) >= 11 is 0. The van der Waals surface area contributed by atoms with Crippen molar-refractivity contribution >= 4 is 17.2 Å². The Bertz CT molecular complexity index is 1770. The van der Waals surface area contributed by atoms with Crippen LogP contribution in [0.15, 0.2) is 124 Å². The van der Waals surface area contributed by atoms with E-state index in [2.05, 4.69) is 119 Å². The van der Waals surface area contributed by atoms with Crippen LogP contribution in [0.5, 0.6) is 5.75 Å². The SMILES string of the molecule is CCCCCCOc1ccc(C2=CC3=Cc4ccccc4C4=CC5=CC=C6CC(C(C)(C)C)=CC7=C6C5C(C2=C7)C34)cc1. The molecule has 216 valence electrons. The van der Waals surface area contributed by atoms with Gasteiger partial charge in [-0.3, -0.25) is 0 Å². The number of unbranched alkanes of at least 4 members (excludes halogenated alkanes) is 3. The Labute approximate surface area is 257 Å². The molecule has 2 aromatic carbocycles. The second-order valence-corrected chi connectivity index (χ2v) is 14.2. The normalized spacial score (nSPS) is 24.4. The summed E-state index contributed by atoms with van der Waals surface area (Å²) in [4.78, 5) is 0. The second kappa shape index (κ2) is 10.1. The summed E-state index contributed by atoms with van der Waals surface area (Å²) in [5.74, 6) is 2.18. The van der Waals surface area contributed by atoms with E-state index in [0.717, 1.165) is 25.2 Å². The maximum Gasteiger partial charge on any atom is 0.119 e. The Morgan fingerprint density at radius 2 is 1.60 bits per heavy atom.